The van der Waals surface area contributed by atoms with Gasteiger partial charge in [-0.2, -0.15) is 0 Å². The normalized spacial score (nSPS) is 16.2. The van der Waals surface area contributed by atoms with E-state index in [1.54, 1.807) is 6.92 Å². The summed E-state index contributed by atoms with van der Waals surface area (Å²) in [5, 5.41) is 20.7. The van der Waals surface area contributed by atoms with Crippen LogP contribution in [0.2, 0.25) is 0 Å². The van der Waals surface area contributed by atoms with Crippen LogP contribution in [0.3, 0.4) is 0 Å². The van der Waals surface area contributed by atoms with E-state index >= 15 is 0 Å². The van der Waals surface area contributed by atoms with Gasteiger partial charge in [0.05, 0.1) is 0 Å². The number of aliphatic hydroxyl groups excluding tert-OH is 1. The summed E-state index contributed by atoms with van der Waals surface area (Å²) in [4.78, 5) is 0. The lowest BCUT2D eigenvalue weighted by atomic mass is 9.86. The van der Waals surface area contributed by atoms with E-state index in [2.05, 4.69) is 0 Å². The zero-order valence-electron chi connectivity index (χ0n) is 9.75. The van der Waals surface area contributed by atoms with Gasteiger partial charge in [0.1, 0.15) is 11.7 Å². The van der Waals surface area contributed by atoms with Crippen molar-refractivity contribution in [1.82, 2.24) is 0 Å². The minimum Gasteiger partial charge on any atom is -0.385 e. The Hall–Kier alpha value is -1.64. The lowest BCUT2D eigenvalue weighted by molar-refractivity contribution is -0.0690. The van der Waals surface area contributed by atoms with E-state index in [0.29, 0.717) is 11.1 Å². The summed E-state index contributed by atoms with van der Waals surface area (Å²) in [6.45, 7) is 1.62. The smallest absolute Gasteiger partial charge is 0.117 e. The monoisotopic (exact) mass is 228 g/mol. The van der Waals surface area contributed by atoms with Crippen LogP contribution in [0, 0.1) is 0 Å². The molecule has 2 nitrogen and oxygen atoms in total. The zero-order valence-corrected chi connectivity index (χ0v) is 9.75. The first kappa shape index (κ1) is 11.8. The lowest BCUT2D eigenvalue weighted by Crippen LogP contribution is -2.29. The molecule has 0 fully saturated rings. The van der Waals surface area contributed by atoms with E-state index in [9.17, 15) is 10.2 Å². The summed E-state index contributed by atoms with van der Waals surface area (Å²) in [6, 6.07) is 18.4. The van der Waals surface area contributed by atoms with Crippen molar-refractivity contribution in [3.63, 3.8) is 0 Å². The molecule has 2 heteroatoms. The lowest BCUT2D eigenvalue weighted by Gasteiger charge is -2.29. The first-order valence-electron chi connectivity index (χ1n) is 5.63. The highest BCUT2D eigenvalue weighted by Gasteiger charge is 2.33. The molecule has 0 spiro atoms. The van der Waals surface area contributed by atoms with Crippen molar-refractivity contribution in [3.8, 4) is 0 Å². The van der Waals surface area contributed by atoms with E-state index in [-0.39, 0.29) is 0 Å². The number of hydrogen-bond acceptors (Lipinski definition) is 2. The number of hydrogen-bond donors (Lipinski definition) is 2. The van der Waals surface area contributed by atoms with E-state index in [0.717, 1.165) is 0 Å². The molecule has 0 unspecified atom stereocenters. The second-order valence-corrected chi connectivity index (χ2v) is 4.33. The average molecular weight is 228 g/mol. The Morgan fingerprint density at radius 1 is 0.882 bits per heavy atom. The van der Waals surface area contributed by atoms with Crippen LogP contribution in [-0.4, -0.2) is 10.2 Å². The third-order valence-electron chi connectivity index (χ3n) is 3.01. The molecule has 0 aliphatic heterocycles. The van der Waals surface area contributed by atoms with Gasteiger partial charge in [-0.1, -0.05) is 60.7 Å². The SMILES string of the molecule is C[C@@](O)(c1ccccc1)[C@H](O)c1ccccc1. The van der Waals surface area contributed by atoms with Crippen LogP contribution in [0.25, 0.3) is 0 Å². The number of rotatable bonds is 3. The van der Waals surface area contributed by atoms with Gasteiger partial charge in [0, 0.05) is 0 Å². The van der Waals surface area contributed by atoms with Crippen LogP contribution in [-0.2, 0) is 5.60 Å². The second-order valence-electron chi connectivity index (χ2n) is 4.33. The number of benzene rings is 2. The molecule has 0 aliphatic carbocycles. The van der Waals surface area contributed by atoms with Crippen LogP contribution in [0.15, 0.2) is 60.7 Å². The summed E-state index contributed by atoms with van der Waals surface area (Å²) in [5.41, 5.74) is 0.125. The fourth-order valence-corrected chi connectivity index (χ4v) is 1.89. The molecule has 0 bridgehead atoms. The summed E-state index contributed by atoms with van der Waals surface area (Å²) in [5.74, 6) is 0. The maximum atomic E-state index is 10.5. The predicted octanol–water partition coefficient (Wildman–Crippen LogP) is 2.63. The largest absolute Gasteiger partial charge is 0.385 e. The topological polar surface area (TPSA) is 40.5 Å². The maximum Gasteiger partial charge on any atom is 0.117 e. The zero-order chi connectivity index (χ0) is 12.3. The minimum absolute atomic E-state index is 0.705. The van der Waals surface area contributed by atoms with Gasteiger partial charge in [-0.05, 0) is 18.1 Å². The van der Waals surface area contributed by atoms with Crippen molar-refractivity contribution in [2.45, 2.75) is 18.6 Å². The Balaban J connectivity index is 2.33. The minimum atomic E-state index is -1.29. The van der Waals surface area contributed by atoms with Crippen LogP contribution in [0.4, 0.5) is 0 Å². The molecule has 0 aliphatic rings. The van der Waals surface area contributed by atoms with E-state index in [1.807, 2.05) is 60.7 Å². The van der Waals surface area contributed by atoms with E-state index in [4.69, 9.17) is 0 Å². The van der Waals surface area contributed by atoms with Gasteiger partial charge in [-0.15, -0.1) is 0 Å². The highest BCUT2D eigenvalue weighted by Crippen LogP contribution is 2.34. The van der Waals surface area contributed by atoms with Crippen molar-refractivity contribution >= 4 is 0 Å². The fraction of sp³-hybridized carbons (Fsp3) is 0.200. The Labute approximate surface area is 101 Å². The van der Waals surface area contributed by atoms with Gasteiger partial charge < -0.3 is 10.2 Å². The molecule has 17 heavy (non-hydrogen) atoms. The molecule has 2 rings (SSSR count). The molecule has 2 N–H and O–H groups in total. The van der Waals surface area contributed by atoms with Crippen LogP contribution >= 0.6 is 0 Å². The Morgan fingerprint density at radius 3 is 1.88 bits per heavy atom. The molecule has 0 radical (unpaired) electrons. The molecule has 0 saturated heterocycles. The highest BCUT2D eigenvalue weighted by molar-refractivity contribution is 5.28. The Morgan fingerprint density at radius 2 is 1.35 bits per heavy atom. The molecule has 0 amide bonds. The fourth-order valence-electron chi connectivity index (χ4n) is 1.89. The average Bonchev–Trinajstić information content (AvgIpc) is 2.40. The van der Waals surface area contributed by atoms with Crippen molar-refractivity contribution in [2.24, 2.45) is 0 Å². The standard InChI is InChI=1S/C15H16O2/c1-15(17,13-10-6-3-7-11-13)14(16)12-8-4-2-5-9-12/h2-11,14,16-17H,1H3/t14-,15-/m1/s1. The summed E-state index contributed by atoms with van der Waals surface area (Å²) in [6.07, 6.45) is -0.939. The van der Waals surface area contributed by atoms with Crippen molar-refractivity contribution < 1.29 is 10.2 Å². The summed E-state index contributed by atoms with van der Waals surface area (Å²) in [7, 11) is 0. The molecule has 2 aromatic carbocycles. The van der Waals surface area contributed by atoms with Crippen LogP contribution in [0.1, 0.15) is 24.2 Å². The molecule has 0 aromatic heterocycles. The highest BCUT2D eigenvalue weighted by atomic mass is 16.3. The molecule has 0 heterocycles. The van der Waals surface area contributed by atoms with Gasteiger partial charge in [-0.25, -0.2) is 0 Å². The van der Waals surface area contributed by atoms with Crippen molar-refractivity contribution in [2.75, 3.05) is 0 Å². The molecule has 2 atom stereocenters. The van der Waals surface area contributed by atoms with Gasteiger partial charge in [0.25, 0.3) is 0 Å². The van der Waals surface area contributed by atoms with Crippen LogP contribution < -0.4 is 0 Å². The third-order valence-corrected chi connectivity index (χ3v) is 3.01. The summed E-state index contributed by atoms with van der Waals surface area (Å²) >= 11 is 0. The molecule has 2 aromatic rings. The van der Waals surface area contributed by atoms with Gasteiger partial charge >= 0.3 is 0 Å². The second kappa shape index (κ2) is 4.70. The first-order valence-corrected chi connectivity index (χ1v) is 5.63. The molecular formula is C15H16O2. The molecule has 88 valence electrons. The van der Waals surface area contributed by atoms with E-state index < -0.39 is 11.7 Å². The Bertz CT molecular complexity index is 463. The number of aliphatic hydroxyl groups is 2. The third kappa shape index (κ3) is 2.38. The Kier molecular flexibility index (Phi) is 3.27. The van der Waals surface area contributed by atoms with Crippen LogP contribution in [0.5, 0.6) is 0 Å². The van der Waals surface area contributed by atoms with E-state index in [1.165, 1.54) is 0 Å². The van der Waals surface area contributed by atoms with Gasteiger partial charge in [0.2, 0.25) is 0 Å². The quantitative estimate of drug-likeness (QED) is 0.847. The van der Waals surface area contributed by atoms with Gasteiger partial charge in [-0.3, -0.25) is 0 Å². The predicted molar refractivity (Wildman–Crippen MR) is 67.4 cm³/mol. The van der Waals surface area contributed by atoms with Crippen molar-refractivity contribution in [1.29, 1.82) is 0 Å². The first-order chi connectivity index (χ1) is 8.12. The molecular weight excluding hydrogens is 212 g/mol. The summed E-state index contributed by atoms with van der Waals surface area (Å²) < 4.78 is 0. The maximum absolute atomic E-state index is 10.5. The van der Waals surface area contributed by atoms with Gasteiger partial charge in [0.15, 0.2) is 0 Å². The molecule has 0 saturated carbocycles. The van der Waals surface area contributed by atoms with Crippen molar-refractivity contribution in [3.05, 3.63) is 71.8 Å².